The van der Waals surface area contributed by atoms with Gasteiger partial charge in [0.05, 0.1) is 16.1 Å². The van der Waals surface area contributed by atoms with Crippen LogP contribution in [-0.4, -0.2) is 16.1 Å². The number of imidazole rings is 1. The molecule has 21 heavy (non-hydrogen) atoms. The summed E-state index contributed by atoms with van der Waals surface area (Å²) in [5, 5.41) is 0.782. The van der Waals surface area contributed by atoms with Crippen molar-refractivity contribution in [1.29, 1.82) is 0 Å². The Kier molecular flexibility index (Phi) is 3.98. The van der Waals surface area contributed by atoms with Gasteiger partial charge in [-0.3, -0.25) is 0 Å². The van der Waals surface area contributed by atoms with E-state index in [1.54, 1.807) is 0 Å². The van der Waals surface area contributed by atoms with Gasteiger partial charge in [0.1, 0.15) is 5.82 Å². The lowest BCUT2D eigenvalue weighted by atomic mass is 9.70. The molecule has 114 valence electrons. The molecule has 1 aliphatic carbocycles. The summed E-state index contributed by atoms with van der Waals surface area (Å²) in [5.74, 6) is 1.94. The molecule has 2 aromatic rings. The Morgan fingerprint density at radius 2 is 2.10 bits per heavy atom. The van der Waals surface area contributed by atoms with Crippen LogP contribution < -0.4 is 5.73 Å². The second kappa shape index (κ2) is 5.62. The number of hydrogen-bond donors (Lipinski definition) is 1. The SMILES string of the molecule is CCn1c(C2(CN)CCC(C)CC2)nc2cccc(Cl)c21. The Bertz CT molecular complexity index is 639. The summed E-state index contributed by atoms with van der Waals surface area (Å²) in [4.78, 5) is 4.93. The summed E-state index contributed by atoms with van der Waals surface area (Å²) in [6, 6.07) is 5.96. The first kappa shape index (κ1) is 14.9. The topological polar surface area (TPSA) is 43.8 Å². The normalized spacial score (nSPS) is 26.4. The predicted molar refractivity (Wildman–Crippen MR) is 88.8 cm³/mol. The molecule has 0 unspecified atom stereocenters. The van der Waals surface area contributed by atoms with Crippen LogP contribution in [0.25, 0.3) is 11.0 Å². The fraction of sp³-hybridized carbons (Fsp3) is 0.588. The molecule has 0 radical (unpaired) electrons. The van der Waals surface area contributed by atoms with E-state index in [1.807, 2.05) is 18.2 Å². The van der Waals surface area contributed by atoms with Crippen molar-refractivity contribution in [3.8, 4) is 0 Å². The molecule has 0 atom stereocenters. The van der Waals surface area contributed by atoms with Crippen molar-refractivity contribution in [1.82, 2.24) is 9.55 Å². The number of rotatable bonds is 3. The highest BCUT2D eigenvalue weighted by atomic mass is 35.5. The molecule has 1 aromatic carbocycles. The smallest absolute Gasteiger partial charge is 0.117 e. The van der Waals surface area contributed by atoms with Crippen molar-refractivity contribution in [3.05, 3.63) is 29.0 Å². The minimum absolute atomic E-state index is 0.0187. The molecule has 4 heteroatoms. The van der Waals surface area contributed by atoms with E-state index in [1.165, 1.54) is 12.8 Å². The summed E-state index contributed by atoms with van der Waals surface area (Å²) in [7, 11) is 0. The highest BCUT2D eigenvalue weighted by Gasteiger charge is 2.38. The van der Waals surface area contributed by atoms with Crippen molar-refractivity contribution < 1.29 is 0 Å². The number of aryl methyl sites for hydroxylation is 1. The molecule has 0 saturated heterocycles. The molecule has 1 aromatic heterocycles. The van der Waals surface area contributed by atoms with Gasteiger partial charge in [-0.25, -0.2) is 4.98 Å². The Labute approximate surface area is 131 Å². The number of nitrogens with zero attached hydrogens (tertiary/aromatic N) is 2. The number of benzene rings is 1. The van der Waals surface area contributed by atoms with Crippen LogP contribution in [0.3, 0.4) is 0 Å². The van der Waals surface area contributed by atoms with Crippen LogP contribution in [0.5, 0.6) is 0 Å². The lowest BCUT2D eigenvalue weighted by Crippen LogP contribution is -2.41. The van der Waals surface area contributed by atoms with E-state index < -0.39 is 0 Å². The lowest BCUT2D eigenvalue weighted by Gasteiger charge is -2.38. The van der Waals surface area contributed by atoms with Crippen molar-refractivity contribution in [3.63, 3.8) is 0 Å². The lowest BCUT2D eigenvalue weighted by molar-refractivity contribution is 0.232. The number of hydrogen-bond acceptors (Lipinski definition) is 2. The molecular weight excluding hydrogens is 282 g/mol. The molecule has 0 amide bonds. The number of halogens is 1. The molecule has 1 fully saturated rings. The monoisotopic (exact) mass is 305 g/mol. The van der Waals surface area contributed by atoms with Crippen molar-refractivity contribution >= 4 is 22.6 Å². The molecule has 3 nitrogen and oxygen atoms in total. The summed E-state index contributed by atoms with van der Waals surface area (Å²) in [6.45, 7) is 6.04. The zero-order valence-electron chi connectivity index (χ0n) is 12.9. The molecular formula is C17H24ClN3. The molecule has 0 aliphatic heterocycles. The van der Waals surface area contributed by atoms with E-state index in [-0.39, 0.29) is 5.41 Å². The van der Waals surface area contributed by atoms with Gasteiger partial charge in [0.15, 0.2) is 0 Å². The van der Waals surface area contributed by atoms with Gasteiger partial charge in [-0.1, -0.05) is 24.6 Å². The Hall–Kier alpha value is -1.06. The van der Waals surface area contributed by atoms with Gasteiger partial charge in [-0.2, -0.15) is 0 Å². The van der Waals surface area contributed by atoms with Gasteiger partial charge in [-0.15, -0.1) is 0 Å². The van der Waals surface area contributed by atoms with E-state index in [0.717, 1.165) is 47.2 Å². The van der Waals surface area contributed by atoms with Gasteiger partial charge < -0.3 is 10.3 Å². The van der Waals surface area contributed by atoms with E-state index in [2.05, 4.69) is 18.4 Å². The van der Waals surface area contributed by atoms with Crippen LogP contribution in [0.4, 0.5) is 0 Å². The highest BCUT2D eigenvalue weighted by Crippen LogP contribution is 2.42. The maximum Gasteiger partial charge on any atom is 0.117 e. The van der Waals surface area contributed by atoms with Crippen LogP contribution in [0.1, 0.15) is 45.4 Å². The minimum Gasteiger partial charge on any atom is -0.329 e. The number of para-hydroxylation sites is 1. The average molecular weight is 306 g/mol. The van der Waals surface area contributed by atoms with Crippen LogP contribution in [0.2, 0.25) is 5.02 Å². The van der Waals surface area contributed by atoms with Crippen LogP contribution in [0.15, 0.2) is 18.2 Å². The minimum atomic E-state index is 0.0187. The number of fused-ring (bicyclic) bond motifs is 1. The molecule has 0 bridgehead atoms. The van der Waals surface area contributed by atoms with Crippen LogP contribution in [0, 0.1) is 5.92 Å². The van der Waals surface area contributed by atoms with Gasteiger partial charge >= 0.3 is 0 Å². The summed E-state index contributed by atoms with van der Waals surface area (Å²) >= 11 is 6.41. The number of aromatic nitrogens is 2. The van der Waals surface area contributed by atoms with Gasteiger partial charge in [0.25, 0.3) is 0 Å². The van der Waals surface area contributed by atoms with Crippen molar-refractivity contribution in [2.45, 2.75) is 51.5 Å². The zero-order valence-corrected chi connectivity index (χ0v) is 13.7. The first-order valence-electron chi connectivity index (χ1n) is 7.96. The Morgan fingerprint density at radius 1 is 1.38 bits per heavy atom. The summed E-state index contributed by atoms with van der Waals surface area (Å²) < 4.78 is 2.28. The fourth-order valence-corrected chi connectivity index (χ4v) is 3.96. The van der Waals surface area contributed by atoms with E-state index >= 15 is 0 Å². The third-order valence-electron chi connectivity index (χ3n) is 5.13. The van der Waals surface area contributed by atoms with Crippen molar-refractivity contribution in [2.75, 3.05) is 6.54 Å². The van der Waals surface area contributed by atoms with Crippen molar-refractivity contribution in [2.24, 2.45) is 11.7 Å². The number of nitrogens with two attached hydrogens (primary N) is 1. The largest absolute Gasteiger partial charge is 0.329 e. The molecule has 1 heterocycles. The summed E-state index contributed by atoms with van der Waals surface area (Å²) in [6.07, 6.45) is 4.73. The third-order valence-corrected chi connectivity index (χ3v) is 5.44. The van der Waals surface area contributed by atoms with Crippen LogP contribution in [-0.2, 0) is 12.0 Å². The molecule has 1 aliphatic rings. The Balaban J connectivity index is 2.17. The van der Waals surface area contributed by atoms with E-state index in [4.69, 9.17) is 22.3 Å². The van der Waals surface area contributed by atoms with Crippen LogP contribution >= 0.6 is 11.6 Å². The maximum absolute atomic E-state index is 6.41. The second-order valence-corrected chi connectivity index (χ2v) is 6.86. The van der Waals surface area contributed by atoms with Gasteiger partial charge in [-0.05, 0) is 50.7 Å². The molecule has 1 saturated carbocycles. The Morgan fingerprint density at radius 3 is 2.71 bits per heavy atom. The maximum atomic E-state index is 6.41. The average Bonchev–Trinajstić information content (AvgIpc) is 2.89. The van der Waals surface area contributed by atoms with E-state index in [9.17, 15) is 0 Å². The molecule has 0 spiro atoms. The fourth-order valence-electron chi connectivity index (χ4n) is 3.69. The third kappa shape index (κ3) is 2.36. The predicted octanol–water partition coefficient (Wildman–Crippen LogP) is 4.12. The van der Waals surface area contributed by atoms with Gasteiger partial charge in [0, 0.05) is 18.5 Å². The quantitative estimate of drug-likeness (QED) is 0.927. The first-order chi connectivity index (χ1) is 10.1. The van der Waals surface area contributed by atoms with E-state index in [0.29, 0.717) is 6.54 Å². The standard InChI is InChI=1S/C17H24ClN3/c1-3-21-15-13(18)5-4-6-14(15)20-16(21)17(11-19)9-7-12(2)8-10-17/h4-6,12H,3,7-11,19H2,1-2H3. The first-order valence-corrected chi connectivity index (χ1v) is 8.34. The van der Waals surface area contributed by atoms with Gasteiger partial charge in [0.2, 0.25) is 0 Å². The highest BCUT2D eigenvalue weighted by molar-refractivity contribution is 6.35. The molecule has 3 rings (SSSR count). The summed E-state index contributed by atoms with van der Waals surface area (Å²) in [5.41, 5.74) is 8.28. The second-order valence-electron chi connectivity index (χ2n) is 6.45. The zero-order chi connectivity index (χ0) is 15.0. The molecule has 2 N–H and O–H groups in total.